The fraction of sp³-hybridized carbons (Fsp3) is 0.250. The summed E-state index contributed by atoms with van der Waals surface area (Å²) in [5, 5.41) is 15.1. The van der Waals surface area contributed by atoms with E-state index in [1.807, 2.05) is 35.2 Å². The van der Waals surface area contributed by atoms with Gasteiger partial charge in [-0.15, -0.1) is 0 Å². The maximum absolute atomic E-state index is 13.9. The van der Waals surface area contributed by atoms with Crippen molar-refractivity contribution < 1.29 is 33.7 Å². The number of amides is 3. The molecule has 2 atom stereocenters. The van der Waals surface area contributed by atoms with Gasteiger partial charge in [-0.25, -0.2) is 9.59 Å². The van der Waals surface area contributed by atoms with E-state index in [-0.39, 0.29) is 36.6 Å². The first-order valence-electron chi connectivity index (χ1n) is 15.2. The third-order valence-electron chi connectivity index (χ3n) is 7.86. The molecule has 0 saturated carbocycles. The lowest BCUT2D eigenvalue weighted by atomic mass is 10.1. The van der Waals surface area contributed by atoms with Gasteiger partial charge in [-0.1, -0.05) is 60.1 Å². The van der Waals surface area contributed by atoms with Crippen LogP contribution in [-0.2, 0) is 22.6 Å². The Balaban J connectivity index is 1.26. The Morgan fingerprint density at radius 1 is 0.830 bits per heavy atom. The van der Waals surface area contributed by atoms with Crippen LogP contribution in [0.5, 0.6) is 11.5 Å². The summed E-state index contributed by atoms with van der Waals surface area (Å²) in [7, 11) is 1.50. The summed E-state index contributed by atoms with van der Waals surface area (Å²) in [5.41, 5.74) is 2.83. The largest absolute Gasteiger partial charge is 0.495 e. The van der Waals surface area contributed by atoms with E-state index in [1.54, 1.807) is 54.6 Å². The molecule has 47 heavy (non-hydrogen) atoms. The Bertz CT molecular complexity index is 1680. The predicted molar refractivity (Wildman–Crippen MR) is 179 cm³/mol. The molecular formula is C36H36ClN3O7. The number of halogens is 1. The van der Waals surface area contributed by atoms with Crippen LogP contribution in [0.3, 0.4) is 0 Å². The van der Waals surface area contributed by atoms with E-state index < -0.39 is 12.0 Å². The minimum absolute atomic E-state index is 0.0927. The maximum atomic E-state index is 13.9. The van der Waals surface area contributed by atoms with Gasteiger partial charge >= 0.3 is 12.0 Å². The summed E-state index contributed by atoms with van der Waals surface area (Å²) in [6, 6.07) is 27.3. The molecule has 0 aliphatic carbocycles. The second-order valence-corrected chi connectivity index (χ2v) is 11.5. The van der Waals surface area contributed by atoms with Crippen molar-refractivity contribution in [2.45, 2.75) is 38.0 Å². The van der Waals surface area contributed by atoms with Crippen LogP contribution in [0.1, 0.15) is 34.3 Å². The molecule has 0 spiro atoms. The molecule has 1 unspecified atom stereocenters. The zero-order valence-corrected chi connectivity index (χ0v) is 26.6. The van der Waals surface area contributed by atoms with E-state index in [0.29, 0.717) is 46.7 Å². The van der Waals surface area contributed by atoms with Crippen molar-refractivity contribution >= 4 is 40.9 Å². The average Bonchev–Trinajstić information content (AvgIpc) is 3.49. The third-order valence-corrected chi connectivity index (χ3v) is 8.19. The number of urea groups is 1. The number of hydrogen-bond donors (Lipinski definition) is 3. The van der Waals surface area contributed by atoms with Gasteiger partial charge in [0.15, 0.2) is 0 Å². The van der Waals surface area contributed by atoms with Crippen molar-refractivity contribution in [2.75, 3.05) is 31.0 Å². The highest BCUT2D eigenvalue weighted by atomic mass is 35.5. The molecule has 11 heteroatoms. The van der Waals surface area contributed by atoms with E-state index in [2.05, 4.69) is 10.6 Å². The van der Waals surface area contributed by atoms with Crippen molar-refractivity contribution in [1.82, 2.24) is 4.90 Å². The molecule has 1 aliphatic rings. The molecule has 10 nitrogen and oxygen atoms in total. The summed E-state index contributed by atoms with van der Waals surface area (Å²) in [4.78, 5) is 39.6. The zero-order valence-electron chi connectivity index (χ0n) is 25.9. The van der Waals surface area contributed by atoms with E-state index in [9.17, 15) is 19.5 Å². The highest BCUT2D eigenvalue weighted by Gasteiger charge is 2.37. The first-order valence-corrected chi connectivity index (χ1v) is 15.6. The smallest absolute Gasteiger partial charge is 0.335 e. The standard InChI is InChI=1S/C36H36ClN3O7/c1-45-33-19-25(11-18-32(33)39-36(44)38-31-10-6-5-9-30(31)37)20-34(41)40-27(22-46-21-24-7-3-2-4-8-24)14-15-28(40)23-47-29-16-12-26(13-17-29)35(42)43/h2-13,16-19,27-28H,14-15,20-23H2,1H3,(H,42,43)(H2,38,39,44)/t27?,28-/m0/s1. The van der Waals surface area contributed by atoms with Crippen molar-refractivity contribution in [3.05, 3.63) is 119 Å². The number of carbonyl (C=O) groups excluding carboxylic acids is 2. The molecule has 3 amide bonds. The topological polar surface area (TPSA) is 126 Å². The van der Waals surface area contributed by atoms with Gasteiger partial charge < -0.3 is 34.9 Å². The Morgan fingerprint density at radius 2 is 1.51 bits per heavy atom. The summed E-state index contributed by atoms with van der Waals surface area (Å²) in [6.45, 7) is 1.06. The van der Waals surface area contributed by atoms with Crippen LogP contribution in [0.15, 0.2) is 97.1 Å². The SMILES string of the molecule is COc1cc(CC(=O)N2C(COCc3ccccc3)CC[C@H]2COc2ccc(C(=O)O)cc2)ccc1NC(=O)Nc1ccccc1Cl. The van der Waals surface area contributed by atoms with Gasteiger partial charge in [0.2, 0.25) is 5.91 Å². The third kappa shape index (κ3) is 9.02. The number of carbonyl (C=O) groups is 3. The molecule has 0 bridgehead atoms. The lowest BCUT2D eigenvalue weighted by Gasteiger charge is -2.30. The average molecular weight is 658 g/mol. The molecule has 244 valence electrons. The van der Waals surface area contributed by atoms with Crippen molar-refractivity contribution in [3.8, 4) is 11.5 Å². The number of likely N-dealkylation sites (tertiary alicyclic amines) is 1. The molecule has 5 rings (SSSR count). The fourth-order valence-corrected chi connectivity index (χ4v) is 5.71. The molecule has 0 aromatic heterocycles. The number of rotatable bonds is 13. The van der Waals surface area contributed by atoms with Crippen molar-refractivity contribution in [1.29, 1.82) is 0 Å². The van der Waals surface area contributed by atoms with Crippen LogP contribution in [-0.4, -0.2) is 60.3 Å². The fourth-order valence-electron chi connectivity index (χ4n) is 5.52. The van der Waals surface area contributed by atoms with Gasteiger partial charge in [-0.2, -0.15) is 0 Å². The molecule has 1 fully saturated rings. The summed E-state index contributed by atoms with van der Waals surface area (Å²) in [5.74, 6) is -0.177. The number of nitrogens with one attached hydrogen (secondary N) is 2. The van der Waals surface area contributed by atoms with Gasteiger partial charge in [0.1, 0.15) is 18.1 Å². The molecule has 1 aliphatic heterocycles. The van der Waals surface area contributed by atoms with Gasteiger partial charge in [0.05, 0.1) is 60.8 Å². The highest BCUT2D eigenvalue weighted by Crippen LogP contribution is 2.30. The number of carboxylic acids is 1. The molecule has 3 N–H and O–H groups in total. The highest BCUT2D eigenvalue weighted by molar-refractivity contribution is 6.33. The van der Waals surface area contributed by atoms with Gasteiger partial charge in [-0.05, 0) is 72.5 Å². The monoisotopic (exact) mass is 657 g/mol. The summed E-state index contributed by atoms with van der Waals surface area (Å²) < 4.78 is 17.6. The number of hydrogen-bond acceptors (Lipinski definition) is 6. The molecular weight excluding hydrogens is 622 g/mol. The van der Waals surface area contributed by atoms with E-state index in [0.717, 1.165) is 18.4 Å². The number of nitrogens with zero attached hydrogens (tertiary/aromatic N) is 1. The minimum atomic E-state index is -1.01. The number of methoxy groups -OCH3 is 1. The van der Waals surface area contributed by atoms with Crippen LogP contribution < -0.4 is 20.1 Å². The summed E-state index contributed by atoms with van der Waals surface area (Å²) in [6.07, 6.45) is 1.58. The first kappa shape index (κ1) is 33.3. The van der Waals surface area contributed by atoms with E-state index in [4.69, 9.17) is 25.8 Å². The minimum Gasteiger partial charge on any atom is -0.495 e. The lowest BCUT2D eigenvalue weighted by Crippen LogP contribution is -2.46. The van der Waals surface area contributed by atoms with Gasteiger partial charge in [-0.3, -0.25) is 4.79 Å². The Kier molecular flexibility index (Phi) is 11.3. The first-order chi connectivity index (χ1) is 22.8. The molecule has 4 aromatic rings. The quantitative estimate of drug-likeness (QED) is 0.143. The number of carboxylic acid groups (broad SMARTS) is 1. The maximum Gasteiger partial charge on any atom is 0.335 e. The normalized spacial score (nSPS) is 15.6. The lowest BCUT2D eigenvalue weighted by molar-refractivity contribution is -0.135. The van der Waals surface area contributed by atoms with Crippen LogP contribution >= 0.6 is 11.6 Å². The molecule has 1 heterocycles. The number of anilines is 2. The second kappa shape index (κ2) is 16.0. The number of para-hydroxylation sites is 1. The number of aromatic carboxylic acids is 1. The second-order valence-electron chi connectivity index (χ2n) is 11.1. The Morgan fingerprint density at radius 3 is 2.21 bits per heavy atom. The predicted octanol–water partition coefficient (Wildman–Crippen LogP) is 6.89. The molecule has 4 aromatic carbocycles. The van der Waals surface area contributed by atoms with Crippen LogP contribution in [0.25, 0.3) is 0 Å². The van der Waals surface area contributed by atoms with Gasteiger partial charge in [0, 0.05) is 0 Å². The number of ether oxygens (including phenoxy) is 3. The zero-order chi connectivity index (χ0) is 33.2. The van der Waals surface area contributed by atoms with Crippen LogP contribution in [0.4, 0.5) is 16.2 Å². The van der Waals surface area contributed by atoms with E-state index in [1.165, 1.54) is 19.2 Å². The molecule has 1 saturated heterocycles. The van der Waals surface area contributed by atoms with Crippen molar-refractivity contribution in [3.63, 3.8) is 0 Å². The van der Waals surface area contributed by atoms with Crippen LogP contribution in [0, 0.1) is 0 Å². The van der Waals surface area contributed by atoms with Crippen molar-refractivity contribution in [2.24, 2.45) is 0 Å². The number of benzene rings is 4. The summed E-state index contributed by atoms with van der Waals surface area (Å²) >= 11 is 6.16. The molecule has 0 radical (unpaired) electrons. The Labute approximate surface area is 278 Å². The van der Waals surface area contributed by atoms with E-state index >= 15 is 0 Å². The Hall–Kier alpha value is -5.06. The van der Waals surface area contributed by atoms with Crippen LogP contribution in [0.2, 0.25) is 5.02 Å². The van der Waals surface area contributed by atoms with Gasteiger partial charge in [0.25, 0.3) is 0 Å².